The molecule has 10 heteroatoms. The number of halogens is 4. The maximum absolute atomic E-state index is 14.3. The Kier molecular flexibility index (Phi) is 18.4. The fourth-order valence-electron chi connectivity index (χ4n) is 14.7. The number of fused-ring (bicyclic) bond motifs is 6. The van der Waals surface area contributed by atoms with E-state index in [4.69, 9.17) is 55.9 Å². The van der Waals surface area contributed by atoms with Crippen molar-refractivity contribution in [3.63, 3.8) is 0 Å². The van der Waals surface area contributed by atoms with Crippen molar-refractivity contribution in [2.75, 3.05) is 13.2 Å². The van der Waals surface area contributed by atoms with E-state index in [1.807, 2.05) is 18.2 Å². The molecule has 0 saturated heterocycles. The smallest absolute Gasteiger partial charge is 0.218 e. The van der Waals surface area contributed by atoms with Gasteiger partial charge in [0.15, 0.2) is 0 Å². The van der Waals surface area contributed by atoms with Gasteiger partial charge >= 0.3 is 0 Å². The third-order valence-electron chi connectivity index (χ3n) is 18.9. The summed E-state index contributed by atoms with van der Waals surface area (Å²) < 4.78 is 18.7. The first-order valence-corrected chi connectivity index (χ1v) is 34.7. The summed E-state index contributed by atoms with van der Waals surface area (Å²) >= 11 is 28.3. The summed E-state index contributed by atoms with van der Waals surface area (Å²) in [4.78, 5) is 0. The van der Waals surface area contributed by atoms with Crippen molar-refractivity contribution in [2.45, 2.75) is 210 Å². The van der Waals surface area contributed by atoms with Gasteiger partial charge in [-0.3, -0.25) is 0 Å². The Morgan fingerprint density at radius 1 is 0.462 bits per heavy atom. The molecular formula is C83H100Cl4N2O4. The summed E-state index contributed by atoms with van der Waals surface area (Å²) in [5, 5.41) is 33.5. The fourth-order valence-corrected chi connectivity index (χ4v) is 15.8. The van der Waals surface area contributed by atoms with E-state index in [2.05, 4.69) is 259 Å². The number of aromatic hydroxyl groups is 1. The van der Waals surface area contributed by atoms with Crippen LogP contribution < -0.4 is 4.74 Å². The zero-order valence-corrected chi connectivity index (χ0v) is 62.4. The second-order valence-corrected chi connectivity index (χ2v) is 36.3. The number of ether oxygens (including phenoxy) is 2. The van der Waals surface area contributed by atoms with Gasteiger partial charge in [-0.1, -0.05) is 229 Å². The zero-order chi connectivity index (χ0) is 68.5. The van der Waals surface area contributed by atoms with Crippen molar-refractivity contribution in [1.82, 2.24) is 9.13 Å². The summed E-state index contributed by atoms with van der Waals surface area (Å²) in [6.07, 6.45) is 6.37. The maximum atomic E-state index is 14.3. The van der Waals surface area contributed by atoms with Gasteiger partial charge in [0.2, 0.25) is 5.79 Å². The summed E-state index contributed by atoms with van der Waals surface area (Å²) in [5.74, 6) is -1.57. The van der Waals surface area contributed by atoms with Crippen LogP contribution in [-0.4, -0.2) is 38.3 Å². The highest BCUT2D eigenvalue weighted by molar-refractivity contribution is 6.36. The van der Waals surface area contributed by atoms with E-state index in [1.54, 1.807) is 12.1 Å². The van der Waals surface area contributed by atoms with E-state index in [0.717, 1.165) is 67.6 Å². The maximum Gasteiger partial charge on any atom is 0.218 e. The zero-order valence-electron chi connectivity index (χ0n) is 59.4. The molecule has 0 fully saturated rings. The highest BCUT2D eigenvalue weighted by atomic mass is 35.5. The van der Waals surface area contributed by atoms with E-state index in [9.17, 15) is 10.2 Å². The summed E-state index contributed by atoms with van der Waals surface area (Å²) in [6.45, 7) is 49.9. The standard InChI is InChI=1S/C83H100Cl4N2O4/c1-75(2,3)47-81(19,20)54-40-63(73(90)71(42-54)88-67-28-24-50(77(7,8)9)36-59(67)60-37-51(78(10,11)12)25-29-68(60)88)64-45-58(86)46-66(87)74(64)92-32-23-33-93-83(91)65(49-34-56(84)44-57(85)35-49)41-55(82(21,22)48-76(4,5)6)43-72(83)89-69-30-26-52(79(13,14)15)38-61(69)62-39-53(80(16,17)18)27-31-70(62)89/h24-31,34-46,72,90-91H,23,32-33,47-48H2,1-22H3. The van der Waals surface area contributed by atoms with Gasteiger partial charge in [-0.25, -0.2) is 0 Å². The number of aliphatic hydroxyl groups is 1. The van der Waals surface area contributed by atoms with E-state index in [0.29, 0.717) is 60.2 Å². The van der Waals surface area contributed by atoms with Crippen LogP contribution in [0.5, 0.6) is 11.5 Å². The minimum atomic E-state index is -2.00. The number of aromatic nitrogens is 2. The molecule has 494 valence electrons. The predicted octanol–water partition coefficient (Wildman–Crippen LogP) is 25.0. The molecule has 6 nitrogen and oxygen atoms in total. The molecule has 0 radical (unpaired) electrons. The topological polar surface area (TPSA) is 68.8 Å². The highest BCUT2D eigenvalue weighted by Gasteiger charge is 2.48. The van der Waals surface area contributed by atoms with Crippen molar-refractivity contribution in [3.8, 4) is 28.3 Å². The molecule has 2 aromatic heterocycles. The van der Waals surface area contributed by atoms with Crippen LogP contribution in [0.15, 0.2) is 133 Å². The lowest BCUT2D eigenvalue weighted by Crippen LogP contribution is -2.45. The molecule has 0 saturated carbocycles. The molecule has 9 aromatic rings. The van der Waals surface area contributed by atoms with Crippen LogP contribution in [0.3, 0.4) is 0 Å². The molecule has 2 atom stereocenters. The Hall–Kier alpha value is -5.70. The van der Waals surface area contributed by atoms with E-state index in [-0.39, 0.29) is 62.3 Å². The van der Waals surface area contributed by atoms with Crippen LogP contribution in [-0.2, 0) is 31.8 Å². The van der Waals surface area contributed by atoms with Crippen LogP contribution in [0.2, 0.25) is 20.1 Å². The van der Waals surface area contributed by atoms with Gasteiger partial charge in [-0.05, 0) is 192 Å². The normalized spacial score (nSPS) is 16.7. The first kappa shape index (κ1) is 70.1. The SMILES string of the molecule is CC(C)(C)CC(C)(C)C1=CC(n2c3ccc(C(C)(C)C)cc3c3cc(C(C)(C)C)ccc32)C(O)(OCCCOc2c(Cl)cc(Cl)cc2-c2cc(C(C)(C)CC(C)(C)C)cc(-n3c4ccc(C(C)(C)C)cc4c4cc(C(C)(C)C)ccc43)c2O)C(c2cc(Cl)cc(Cl)c2)=C1. The van der Waals surface area contributed by atoms with Gasteiger partial charge in [0.05, 0.1) is 35.0 Å². The molecule has 0 bridgehead atoms. The number of phenolic OH excluding ortho intramolecular Hbond substituents is 1. The van der Waals surface area contributed by atoms with Gasteiger partial charge in [0, 0.05) is 70.8 Å². The minimum Gasteiger partial charge on any atom is -0.505 e. The Labute approximate surface area is 575 Å². The molecule has 2 heterocycles. The highest BCUT2D eigenvalue weighted by Crippen LogP contribution is 2.54. The number of hydrogen-bond donors (Lipinski definition) is 2. The van der Waals surface area contributed by atoms with Gasteiger partial charge in [-0.15, -0.1) is 0 Å². The lowest BCUT2D eigenvalue weighted by atomic mass is 9.68. The quantitative estimate of drug-likeness (QED) is 0.0841. The molecule has 2 N–H and O–H groups in total. The predicted molar refractivity (Wildman–Crippen MR) is 400 cm³/mol. The van der Waals surface area contributed by atoms with Crippen molar-refractivity contribution < 1.29 is 19.7 Å². The monoisotopic (exact) mass is 1330 g/mol. The number of hydrogen-bond acceptors (Lipinski definition) is 4. The van der Waals surface area contributed by atoms with Crippen molar-refractivity contribution in [1.29, 1.82) is 0 Å². The Bertz CT molecular complexity index is 4290. The Balaban J connectivity index is 1.11. The average Bonchev–Trinajstić information content (AvgIpc) is 1.64. The second kappa shape index (κ2) is 24.4. The van der Waals surface area contributed by atoms with E-state index < -0.39 is 11.8 Å². The molecule has 0 amide bonds. The van der Waals surface area contributed by atoms with Gasteiger partial charge in [0.1, 0.15) is 17.5 Å². The average molecular weight is 1330 g/mol. The van der Waals surface area contributed by atoms with E-state index in [1.165, 1.54) is 22.3 Å². The number of phenols is 1. The van der Waals surface area contributed by atoms with Gasteiger partial charge in [0.25, 0.3) is 0 Å². The second-order valence-electron chi connectivity index (χ2n) is 34.6. The molecule has 93 heavy (non-hydrogen) atoms. The third kappa shape index (κ3) is 14.3. The molecule has 10 rings (SSSR count). The number of nitrogens with zero attached hydrogens (tertiary/aromatic N) is 2. The van der Waals surface area contributed by atoms with Crippen molar-refractivity contribution in [2.24, 2.45) is 16.2 Å². The third-order valence-corrected chi connectivity index (χ3v) is 19.8. The van der Waals surface area contributed by atoms with Crippen molar-refractivity contribution in [3.05, 3.63) is 186 Å². The summed E-state index contributed by atoms with van der Waals surface area (Å²) in [6, 6.07) is 39.5. The molecular weight excluding hydrogens is 1230 g/mol. The number of rotatable bonds is 14. The Morgan fingerprint density at radius 3 is 1.34 bits per heavy atom. The number of allylic oxidation sites excluding steroid dienone is 2. The largest absolute Gasteiger partial charge is 0.505 e. The van der Waals surface area contributed by atoms with Crippen LogP contribution in [0.1, 0.15) is 211 Å². The number of benzene rings is 7. The van der Waals surface area contributed by atoms with Gasteiger partial charge in [-0.2, -0.15) is 0 Å². The fraction of sp³-hybridized carbons (Fsp3) is 0.446. The lowest BCUT2D eigenvalue weighted by Gasteiger charge is -2.44. The molecule has 7 aromatic carbocycles. The molecule has 2 unspecified atom stereocenters. The lowest BCUT2D eigenvalue weighted by molar-refractivity contribution is -0.179. The first-order valence-electron chi connectivity index (χ1n) is 33.2. The van der Waals surface area contributed by atoms with Crippen LogP contribution >= 0.6 is 46.4 Å². The van der Waals surface area contributed by atoms with Crippen LogP contribution in [0.4, 0.5) is 0 Å². The summed E-state index contributed by atoms with van der Waals surface area (Å²) in [5.41, 5.74) is 12.6. The van der Waals surface area contributed by atoms with Crippen LogP contribution in [0.25, 0.3) is 66.0 Å². The van der Waals surface area contributed by atoms with Crippen LogP contribution in [0, 0.1) is 16.2 Å². The Morgan fingerprint density at radius 2 is 0.892 bits per heavy atom. The van der Waals surface area contributed by atoms with Crippen molar-refractivity contribution >= 4 is 95.6 Å². The molecule has 0 spiro atoms. The molecule has 1 aliphatic carbocycles. The first-order chi connectivity index (χ1) is 42.8. The molecule has 1 aliphatic rings. The van der Waals surface area contributed by atoms with Gasteiger partial charge < -0.3 is 28.8 Å². The van der Waals surface area contributed by atoms with E-state index >= 15 is 0 Å². The minimum absolute atomic E-state index is 0.0311. The summed E-state index contributed by atoms with van der Waals surface area (Å²) in [7, 11) is 0. The molecule has 0 aliphatic heterocycles.